The van der Waals surface area contributed by atoms with E-state index in [0.29, 0.717) is 12.3 Å². The van der Waals surface area contributed by atoms with Gasteiger partial charge in [0.05, 0.1) is 12.6 Å². The number of hydrogen-bond acceptors (Lipinski definition) is 5. The van der Waals surface area contributed by atoms with Crippen molar-refractivity contribution in [3.8, 4) is 0 Å². The van der Waals surface area contributed by atoms with Crippen molar-refractivity contribution in [3.05, 3.63) is 5.82 Å². The largest absolute Gasteiger partial charge is 0.311 e. The first-order valence-electron chi connectivity index (χ1n) is 4.38. The molecule has 0 amide bonds. The Morgan fingerprint density at radius 2 is 2.36 bits per heavy atom. The van der Waals surface area contributed by atoms with Crippen molar-refractivity contribution in [2.24, 2.45) is 0 Å². The average Bonchev–Trinajstić information content (AvgIpc) is 2.61. The van der Waals surface area contributed by atoms with Gasteiger partial charge in [0, 0.05) is 22.8 Å². The molecule has 80 valence electrons. The van der Waals surface area contributed by atoms with Crippen LogP contribution in [0.3, 0.4) is 0 Å². The fourth-order valence-corrected chi connectivity index (χ4v) is 1.46. The zero-order valence-corrected chi connectivity index (χ0v) is 9.41. The van der Waals surface area contributed by atoms with Gasteiger partial charge in [0.1, 0.15) is 0 Å². The molecular formula is C7H15N5OS. The molecule has 0 saturated heterocycles. The highest BCUT2D eigenvalue weighted by Crippen LogP contribution is 2.05. The van der Waals surface area contributed by atoms with Crippen molar-refractivity contribution >= 4 is 10.8 Å². The summed E-state index contributed by atoms with van der Waals surface area (Å²) in [4.78, 5) is 0. The van der Waals surface area contributed by atoms with Gasteiger partial charge in [0.15, 0.2) is 5.82 Å². The minimum atomic E-state index is -0.810. The molecular weight excluding hydrogens is 202 g/mol. The second kappa shape index (κ2) is 5.16. The van der Waals surface area contributed by atoms with Crippen LogP contribution in [-0.2, 0) is 17.3 Å². The summed E-state index contributed by atoms with van der Waals surface area (Å²) in [6, 6.07) is 0.107. The van der Waals surface area contributed by atoms with E-state index in [9.17, 15) is 4.21 Å². The van der Waals surface area contributed by atoms with Gasteiger partial charge in [-0.3, -0.25) is 4.21 Å². The van der Waals surface area contributed by atoms with Crippen molar-refractivity contribution in [2.75, 3.05) is 19.1 Å². The van der Waals surface area contributed by atoms with Crippen LogP contribution in [0.15, 0.2) is 0 Å². The summed E-state index contributed by atoms with van der Waals surface area (Å²) in [5.41, 5.74) is 0. The molecule has 1 N–H and O–H groups in total. The molecule has 2 atom stereocenters. The van der Waals surface area contributed by atoms with E-state index in [2.05, 4.69) is 20.8 Å². The van der Waals surface area contributed by atoms with Gasteiger partial charge in [0.2, 0.25) is 0 Å². The van der Waals surface area contributed by atoms with Crippen molar-refractivity contribution in [1.82, 2.24) is 25.5 Å². The molecule has 0 bridgehead atoms. The Morgan fingerprint density at radius 3 is 2.93 bits per heavy atom. The Bertz CT molecular complexity index is 313. The predicted molar refractivity (Wildman–Crippen MR) is 54.2 cm³/mol. The van der Waals surface area contributed by atoms with Crippen LogP contribution in [0.4, 0.5) is 0 Å². The lowest BCUT2D eigenvalue weighted by Crippen LogP contribution is -2.20. The number of nitrogens with one attached hydrogen (secondary N) is 1. The van der Waals surface area contributed by atoms with Gasteiger partial charge < -0.3 is 5.32 Å². The van der Waals surface area contributed by atoms with Crippen LogP contribution in [0, 0.1) is 0 Å². The number of aromatic nitrogens is 4. The molecule has 7 heteroatoms. The molecule has 2 unspecified atom stereocenters. The molecule has 1 rings (SSSR count). The molecule has 0 aliphatic rings. The van der Waals surface area contributed by atoms with Crippen LogP contribution in [0.2, 0.25) is 0 Å². The van der Waals surface area contributed by atoms with Crippen LogP contribution in [0.25, 0.3) is 0 Å². The summed E-state index contributed by atoms with van der Waals surface area (Å²) >= 11 is 0. The third-order valence-corrected chi connectivity index (χ3v) is 2.73. The van der Waals surface area contributed by atoms with E-state index in [1.807, 2.05) is 14.0 Å². The third-order valence-electron chi connectivity index (χ3n) is 1.97. The summed E-state index contributed by atoms with van der Waals surface area (Å²) in [6.45, 7) is 2.57. The SMILES string of the molecule is CNC(C)c1nnnn1CCS(C)=O. The standard InChI is InChI=1S/C7H15N5OS/c1-6(8-2)7-9-10-11-12(7)4-5-14(3)13/h6,8H,4-5H2,1-3H3. The average molecular weight is 217 g/mol. The number of tetrazole rings is 1. The molecule has 1 aromatic rings. The van der Waals surface area contributed by atoms with E-state index >= 15 is 0 Å². The molecule has 0 saturated carbocycles. The van der Waals surface area contributed by atoms with Gasteiger partial charge in [-0.05, 0) is 24.4 Å². The van der Waals surface area contributed by atoms with Gasteiger partial charge in [-0.15, -0.1) is 5.10 Å². The smallest absolute Gasteiger partial charge is 0.167 e. The Labute approximate surface area is 85.5 Å². The molecule has 0 radical (unpaired) electrons. The highest BCUT2D eigenvalue weighted by molar-refractivity contribution is 7.84. The maximum absolute atomic E-state index is 10.9. The van der Waals surface area contributed by atoms with Crippen LogP contribution < -0.4 is 5.32 Å². The van der Waals surface area contributed by atoms with E-state index in [4.69, 9.17) is 0 Å². The Kier molecular flexibility index (Phi) is 4.15. The van der Waals surface area contributed by atoms with E-state index in [1.165, 1.54) is 0 Å². The third kappa shape index (κ3) is 2.85. The molecule has 0 aliphatic heterocycles. The summed E-state index contributed by atoms with van der Waals surface area (Å²) < 4.78 is 12.6. The van der Waals surface area contributed by atoms with Crippen molar-refractivity contribution in [3.63, 3.8) is 0 Å². The Morgan fingerprint density at radius 1 is 1.64 bits per heavy atom. The van der Waals surface area contributed by atoms with Crippen LogP contribution in [0.5, 0.6) is 0 Å². The predicted octanol–water partition coefficient (Wildman–Crippen LogP) is -0.668. The number of hydrogen-bond donors (Lipinski definition) is 1. The van der Waals surface area contributed by atoms with E-state index in [0.717, 1.165) is 5.82 Å². The molecule has 0 fully saturated rings. The number of nitrogens with zero attached hydrogens (tertiary/aromatic N) is 4. The second-order valence-electron chi connectivity index (χ2n) is 3.05. The lowest BCUT2D eigenvalue weighted by atomic mass is 10.3. The van der Waals surface area contributed by atoms with E-state index in [1.54, 1.807) is 10.9 Å². The maximum Gasteiger partial charge on any atom is 0.167 e. The van der Waals surface area contributed by atoms with Crippen molar-refractivity contribution in [1.29, 1.82) is 0 Å². The van der Waals surface area contributed by atoms with Crippen LogP contribution in [-0.4, -0.2) is 43.5 Å². The monoisotopic (exact) mass is 217 g/mol. The van der Waals surface area contributed by atoms with E-state index < -0.39 is 10.8 Å². The Balaban J connectivity index is 2.67. The highest BCUT2D eigenvalue weighted by atomic mass is 32.2. The minimum Gasteiger partial charge on any atom is -0.311 e. The fourth-order valence-electron chi connectivity index (χ4n) is 1.03. The molecule has 14 heavy (non-hydrogen) atoms. The lowest BCUT2D eigenvalue weighted by Gasteiger charge is -2.09. The first-order chi connectivity index (χ1) is 6.65. The second-order valence-corrected chi connectivity index (χ2v) is 4.60. The molecule has 0 aliphatic carbocycles. The number of rotatable bonds is 5. The zero-order valence-electron chi connectivity index (χ0n) is 8.60. The summed E-state index contributed by atoms with van der Waals surface area (Å²) in [6.07, 6.45) is 1.67. The molecule has 0 aromatic carbocycles. The molecule has 1 heterocycles. The maximum atomic E-state index is 10.9. The summed E-state index contributed by atoms with van der Waals surface area (Å²) in [5.74, 6) is 1.35. The summed E-state index contributed by atoms with van der Waals surface area (Å²) in [7, 11) is 1.04. The molecule has 1 aromatic heterocycles. The Hall–Kier alpha value is -0.820. The topological polar surface area (TPSA) is 72.7 Å². The highest BCUT2D eigenvalue weighted by Gasteiger charge is 2.12. The minimum absolute atomic E-state index is 0.107. The first kappa shape index (κ1) is 11.3. The normalized spacial score (nSPS) is 15.4. The lowest BCUT2D eigenvalue weighted by molar-refractivity contribution is 0.530. The van der Waals surface area contributed by atoms with Crippen LogP contribution in [0.1, 0.15) is 18.8 Å². The van der Waals surface area contributed by atoms with Gasteiger partial charge in [-0.2, -0.15) is 0 Å². The van der Waals surface area contributed by atoms with Crippen molar-refractivity contribution in [2.45, 2.75) is 19.5 Å². The van der Waals surface area contributed by atoms with Crippen LogP contribution >= 0.6 is 0 Å². The first-order valence-corrected chi connectivity index (χ1v) is 6.11. The zero-order chi connectivity index (χ0) is 10.6. The van der Waals surface area contributed by atoms with E-state index in [-0.39, 0.29) is 6.04 Å². The molecule has 0 spiro atoms. The van der Waals surface area contributed by atoms with Gasteiger partial charge >= 0.3 is 0 Å². The van der Waals surface area contributed by atoms with Crippen molar-refractivity contribution < 1.29 is 4.21 Å². The van der Waals surface area contributed by atoms with Gasteiger partial charge in [-0.1, -0.05) is 0 Å². The van der Waals surface area contributed by atoms with Gasteiger partial charge in [-0.25, -0.2) is 4.68 Å². The quantitative estimate of drug-likeness (QED) is 0.708. The summed E-state index contributed by atoms with van der Waals surface area (Å²) in [5, 5.41) is 14.4. The molecule has 6 nitrogen and oxygen atoms in total. The number of aryl methyl sites for hydroxylation is 1. The fraction of sp³-hybridized carbons (Fsp3) is 0.857. The van der Waals surface area contributed by atoms with Gasteiger partial charge in [0.25, 0.3) is 0 Å².